The predicted octanol–water partition coefficient (Wildman–Crippen LogP) is 2.98. The Balaban J connectivity index is 3.04. The van der Waals surface area contributed by atoms with Crippen LogP contribution in [-0.2, 0) is 10.0 Å². The van der Waals surface area contributed by atoms with Crippen LogP contribution in [0.25, 0.3) is 0 Å². The molecule has 0 bridgehead atoms. The van der Waals surface area contributed by atoms with Crippen LogP contribution >= 0.6 is 0 Å². The van der Waals surface area contributed by atoms with E-state index in [1.54, 1.807) is 17.0 Å². The van der Waals surface area contributed by atoms with Crippen LogP contribution in [0, 0.1) is 0 Å². The zero-order valence-electron chi connectivity index (χ0n) is 14.6. The third kappa shape index (κ3) is 4.78. The molecule has 0 fully saturated rings. The van der Waals surface area contributed by atoms with E-state index in [2.05, 4.69) is 0 Å². The maximum atomic E-state index is 12.7. The van der Waals surface area contributed by atoms with Crippen LogP contribution in [0.2, 0.25) is 0 Å². The van der Waals surface area contributed by atoms with E-state index in [1.165, 1.54) is 16.4 Å². The molecule has 0 aliphatic rings. The lowest BCUT2D eigenvalue weighted by molar-refractivity contribution is 0.0773. The van der Waals surface area contributed by atoms with Gasteiger partial charge in [0.05, 0.1) is 4.90 Å². The molecule has 0 radical (unpaired) electrons. The number of carbonyl (C=O) groups excluding carboxylic acids is 1. The van der Waals surface area contributed by atoms with E-state index < -0.39 is 10.0 Å². The molecule has 5 nitrogen and oxygen atoms in total. The highest BCUT2D eigenvalue weighted by Crippen LogP contribution is 2.18. The van der Waals surface area contributed by atoms with Crippen LogP contribution in [0.5, 0.6) is 0 Å². The first kappa shape index (κ1) is 19.6. The van der Waals surface area contributed by atoms with Crippen molar-refractivity contribution in [1.82, 2.24) is 9.21 Å². The zero-order chi connectivity index (χ0) is 17.5. The van der Waals surface area contributed by atoms with Crippen molar-refractivity contribution in [3.63, 3.8) is 0 Å². The van der Waals surface area contributed by atoms with Gasteiger partial charge >= 0.3 is 0 Å². The van der Waals surface area contributed by atoms with Gasteiger partial charge in [0.2, 0.25) is 10.0 Å². The molecule has 1 aromatic rings. The van der Waals surface area contributed by atoms with Crippen LogP contribution in [0.1, 0.15) is 50.9 Å². The molecule has 0 aromatic heterocycles. The average molecular weight is 340 g/mol. The molecular weight excluding hydrogens is 312 g/mol. The van der Waals surface area contributed by atoms with Crippen molar-refractivity contribution in [2.75, 3.05) is 26.2 Å². The third-order valence-electron chi connectivity index (χ3n) is 3.74. The Bertz CT molecular complexity index is 587. The topological polar surface area (TPSA) is 57.7 Å². The molecular formula is C17H28N2O3S. The first-order valence-electron chi connectivity index (χ1n) is 8.31. The lowest BCUT2D eigenvalue weighted by Crippen LogP contribution is -2.33. The summed E-state index contributed by atoms with van der Waals surface area (Å²) < 4.78 is 26.8. The molecule has 0 spiro atoms. The Labute approximate surface area is 140 Å². The highest BCUT2D eigenvalue weighted by Gasteiger charge is 2.23. The molecule has 6 heteroatoms. The summed E-state index contributed by atoms with van der Waals surface area (Å²) in [6.07, 6.45) is 1.55. The molecule has 0 saturated carbocycles. The summed E-state index contributed by atoms with van der Waals surface area (Å²) in [6, 6.07) is 6.27. The van der Waals surface area contributed by atoms with Crippen molar-refractivity contribution in [1.29, 1.82) is 0 Å². The van der Waals surface area contributed by atoms with Crippen LogP contribution < -0.4 is 0 Å². The van der Waals surface area contributed by atoms with Gasteiger partial charge < -0.3 is 4.90 Å². The van der Waals surface area contributed by atoms with Crippen LogP contribution in [0.3, 0.4) is 0 Å². The van der Waals surface area contributed by atoms with Gasteiger partial charge in [-0.25, -0.2) is 8.42 Å². The molecule has 23 heavy (non-hydrogen) atoms. The van der Waals surface area contributed by atoms with E-state index in [0.717, 1.165) is 12.8 Å². The van der Waals surface area contributed by atoms with E-state index in [4.69, 9.17) is 0 Å². The number of benzene rings is 1. The second kappa shape index (κ2) is 9.03. The Morgan fingerprint density at radius 1 is 0.913 bits per heavy atom. The van der Waals surface area contributed by atoms with Crippen molar-refractivity contribution < 1.29 is 13.2 Å². The number of carbonyl (C=O) groups is 1. The number of hydrogen-bond acceptors (Lipinski definition) is 3. The number of amides is 1. The number of nitrogens with zero attached hydrogens (tertiary/aromatic N) is 2. The van der Waals surface area contributed by atoms with E-state index in [1.807, 2.05) is 27.7 Å². The van der Waals surface area contributed by atoms with E-state index in [-0.39, 0.29) is 10.8 Å². The van der Waals surface area contributed by atoms with Gasteiger partial charge in [0, 0.05) is 31.7 Å². The normalized spacial score (nSPS) is 11.7. The summed E-state index contributed by atoms with van der Waals surface area (Å²) in [4.78, 5) is 14.2. The van der Waals surface area contributed by atoms with Crippen molar-refractivity contribution in [2.24, 2.45) is 0 Å². The minimum Gasteiger partial charge on any atom is -0.339 e. The van der Waals surface area contributed by atoms with Gasteiger partial charge in [-0.05, 0) is 51.0 Å². The molecule has 1 rings (SSSR count). The molecule has 0 N–H and O–H groups in total. The average Bonchev–Trinajstić information content (AvgIpc) is 2.55. The summed E-state index contributed by atoms with van der Waals surface area (Å²) in [5, 5.41) is 0. The van der Waals surface area contributed by atoms with Crippen molar-refractivity contribution in [3.8, 4) is 0 Å². The smallest absolute Gasteiger partial charge is 0.253 e. The van der Waals surface area contributed by atoms with Gasteiger partial charge in [-0.3, -0.25) is 4.79 Å². The third-order valence-corrected chi connectivity index (χ3v) is 5.65. The maximum absolute atomic E-state index is 12.7. The SMILES string of the molecule is CCCN(CCC)S(=O)(=O)c1ccc(C(=O)N(CC)CC)cc1. The molecule has 0 aliphatic heterocycles. The van der Waals surface area contributed by atoms with Crippen LogP contribution in [0.15, 0.2) is 29.2 Å². The Morgan fingerprint density at radius 2 is 1.39 bits per heavy atom. The van der Waals surface area contributed by atoms with Crippen molar-refractivity contribution in [2.45, 2.75) is 45.4 Å². The van der Waals surface area contributed by atoms with Crippen molar-refractivity contribution in [3.05, 3.63) is 29.8 Å². The molecule has 0 saturated heterocycles. The minimum atomic E-state index is -3.49. The first-order valence-corrected chi connectivity index (χ1v) is 9.75. The molecule has 130 valence electrons. The fraction of sp³-hybridized carbons (Fsp3) is 0.588. The van der Waals surface area contributed by atoms with E-state index in [9.17, 15) is 13.2 Å². The zero-order valence-corrected chi connectivity index (χ0v) is 15.4. The van der Waals surface area contributed by atoms with Crippen LogP contribution in [-0.4, -0.2) is 49.7 Å². The molecule has 0 aliphatic carbocycles. The molecule has 0 atom stereocenters. The highest BCUT2D eigenvalue weighted by molar-refractivity contribution is 7.89. The fourth-order valence-electron chi connectivity index (χ4n) is 2.46. The summed E-state index contributed by atoms with van der Waals surface area (Å²) in [5.74, 6) is -0.0714. The van der Waals surface area contributed by atoms with Crippen LogP contribution in [0.4, 0.5) is 0 Å². The highest BCUT2D eigenvalue weighted by atomic mass is 32.2. The molecule has 1 aromatic carbocycles. The maximum Gasteiger partial charge on any atom is 0.253 e. The number of hydrogen-bond donors (Lipinski definition) is 0. The first-order chi connectivity index (χ1) is 10.9. The van der Waals surface area contributed by atoms with Gasteiger partial charge in [0.1, 0.15) is 0 Å². The Kier molecular flexibility index (Phi) is 7.72. The molecule has 1 amide bonds. The largest absolute Gasteiger partial charge is 0.339 e. The molecule has 0 heterocycles. The van der Waals surface area contributed by atoms with Crippen molar-refractivity contribution >= 4 is 15.9 Å². The van der Waals surface area contributed by atoms with Gasteiger partial charge in [0.15, 0.2) is 0 Å². The summed E-state index contributed by atoms with van der Waals surface area (Å²) in [6.45, 7) is 10.1. The lowest BCUT2D eigenvalue weighted by Gasteiger charge is -2.21. The Morgan fingerprint density at radius 3 is 1.78 bits per heavy atom. The fourth-order valence-corrected chi connectivity index (χ4v) is 4.09. The second-order valence-electron chi connectivity index (χ2n) is 5.41. The summed E-state index contributed by atoms with van der Waals surface area (Å²) >= 11 is 0. The second-order valence-corrected chi connectivity index (χ2v) is 7.34. The summed E-state index contributed by atoms with van der Waals surface area (Å²) in [5.41, 5.74) is 0.519. The van der Waals surface area contributed by atoms with Gasteiger partial charge in [-0.15, -0.1) is 0 Å². The van der Waals surface area contributed by atoms with Gasteiger partial charge in [-0.2, -0.15) is 4.31 Å². The number of rotatable bonds is 9. The monoisotopic (exact) mass is 340 g/mol. The number of sulfonamides is 1. The van der Waals surface area contributed by atoms with E-state index in [0.29, 0.717) is 31.7 Å². The van der Waals surface area contributed by atoms with Gasteiger partial charge in [-0.1, -0.05) is 13.8 Å². The summed E-state index contributed by atoms with van der Waals surface area (Å²) in [7, 11) is -3.49. The molecule has 0 unspecified atom stereocenters. The van der Waals surface area contributed by atoms with E-state index >= 15 is 0 Å². The quantitative estimate of drug-likeness (QED) is 0.694. The minimum absolute atomic E-state index is 0.0714. The standard InChI is InChI=1S/C17H28N2O3S/c1-5-13-19(14-6-2)23(21,22)16-11-9-15(10-12-16)17(20)18(7-3)8-4/h9-12H,5-8,13-14H2,1-4H3. The predicted molar refractivity (Wildman–Crippen MR) is 93.0 cm³/mol. The Hall–Kier alpha value is -1.40. The van der Waals surface area contributed by atoms with Gasteiger partial charge in [0.25, 0.3) is 5.91 Å². The lowest BCUT2D eigenvalue weighted by atomic mass is 10.2.